The third-order valence-corrected chi connectivity index (χ3v) is 26.3. The van der Waals surface area contributed by atoms with Gasteiger partial charge in [-0.3, -0.25) is 0 Å². The zero-order chi connectivity index (χ0) is 90.1. The quantitative estimate of drug-likeness (QED) is 0.105. The first kappa shape index (κ1) is 82.0. The third-order valence-electron chi connectivity index (χ3n) is 26.2. The average molecular weight is 1750 g/mol. The van der Waals surface area contributed by atoms with Gasteiger partial charge in [0.05, 0.1) is 33.4 Å². The number of benzene rings is 16. The van der Waals surface area contributed by atoms with E-state index in [-0.39, 0.29) is 5.28 Å². The molecule has 16 aromatic carbocycles. The topological polar surface area (TPSA) is 179 Å². The maximum absolute atomic E-state index is 6.73. The van der Waals surface area contributed by atoms with Crippen LogP contribution in [0.3, 0.4) is 0 Å². The Morgan fingerprint density at radius 3 is 0.813 bits per heavy atom. The highest BCUT2D eigenvalue weighted by atomic mass is 35.5. The van der Waals surface area contributed by atoms with Crippen molar-refractivity contribution in [1.29, 1.82) is 0 Å². The van der Waals surface area contributed by atoms with Crippen molar-refractivity contribution in [2.24, 2.45) is 0 Å². The van der Waals surface area contributed by atoms with Crippen LogP contribution in [-0.2, 0) is 20.1 Å². The Kier molecular flexibility index (Phi) is 20.7. The standard InChI is InChI=1S/C56H35N5O.C46H36BN3O3.C15H10ClN3/c1-5-18-36(19-6-1)47-35-48(37-20-7-2-8-21-37)58-54(57-47)40-32-33-41-46(34-40)56(43-27-13-15-30-49(43)62-50-31-16-14-28-44(50)56)45-29-17-26-42(51(41)45)55-60-52(38-22-9-3-10-23-38)59-53(61-55)39-24-11-4-12-25-39;1-44(2)45(3,4)53-47(52-44)31-26-27-32-37(28-31)46(34-21-11-13-24-38(34)51-39-25-14-12-22-35(39)46)36-23-15-20-33(40(32)36)43-49-41(29-16-7-5-8-17-29)48-42(50-43)30-18-9-6-10-19-30;16-15-18-13(11-7-3-1-4-8-11)17-14(19-15)12-9-5-2-6-10-12/h1-35H;5-28H,1-4H3;1-10H. The highest BCUT2D eigenvalue weighted by Crippen LogP contribution is 2.66. The van der Waals surface area contributed by atoms with Crippen molar-refractivity contribution in [3.8, 4) is 170 Å². The first-order chi connectivity index (χ1) is 65.8. The second-order valence-electron chi connectivity index (χ2n) is 34.6. The molecule has 4 aromatic heterocycles. The number of halogens is 1. The summed E-state index contributed by atoms with van der Waals surface area (Å²) in [6.45, 7) is 8.38. The van der Waals surface area contributed by atoms with E-state index in [2.05, 4.69) is 219 Å². The molecule has 0 N–H and O–H groups in total. The molecule has 1 saturated heterocycles. The number of nitrogens with zero attached hydrogens (tertiary/aromatic N) is 11. The Balaban J connectivity index is 0.000000128. The highest BCUT2D eigenvalue weighted by molar-refractivity contribution is 6.62. The molecule has 7 heterocycles. The van der Waals surface area contributed by atoms with Crippen LogP contribution >= 0.6 is 11.6 Å². The van der Waals surface area contributed by atoms with E-state index in [1.807, 2.05) is 243 Å². The molecule has 25 rings (SSSR count). The summed E-state index contributed by atoms with van der Waals surface area (Å²) in [5.41, 5.74) is 23.7. The van der Waals surface area contributed by atoms with Crippen molar-refractivity contribution in [3.05, 3.63) is 468 Å². The van der Waals surface area contributed by atoms with Crippen molar-refractivity contribution in [2.45, 2.75) is 49.7 Å². The van der Waals surface area contributed by atoms with Gasteiger partial charge in [0.2, 0.25) is 5.28 Å². The smallest absolute Gasteiger partial charge is 0.457 e. The fraction of sp³-hybridized carbons (Fsp3) is 0.0684. The fourth-order valence-corrected chi connectivity index (χ4v) is 19.4. The lowest BCUT2D eigenvalue weighted by atomic mass is 9.65. The van der Waals surface area contributed by atoms with Crippen LogP contribution in [0.1, 0.15) is 72.2 Å². The summed E-state index contributed by atoms with van der Waals surface area (Å²) < 4.78 is 26.6. The zero-order valence-electron chi connectivity index (χ0n) is 73.3. The number of hydrogen-bond donors (Lipinski definition) is 0. The van der Waals surface area contributed by atoms with Crippen molar-refractivity contribution in [3.63, 3.8) is 0 Å². The molecule has 0 radical (unpaired) electrons. The second kappa shape index (κ2) is 33.8. The molecule has 0 bridgehead atoms. The molecule has 0 atom stereocenters. The Hall–Kier alpha value is -16.5. The van der Waals surface area contributed by atoms with Gasteiger partial charge in [-0.1, -0.05) is 382 Å². The number of rotatable bonds is 12. The van der Waals surface area contributed by atoms with Crippen LogP contribution in [0.15, 0.2) is 419 Å². The first-order valence-electron chi connectivity index (χ1n) is 44.7. The number of hydrogen-bond acceptors (Lipinski definition) is 15. The molecule has 20 aromatic rings. The summed E-state index contributed by atoms with van der Waals surface area (Å²) in [6, 6.07) is 143. The van der Waals surface area contributed by atoms with E-state index in [0.717, 1.165) is 168 Å². The van der Waals surface area contributed by atoms with Gasteiger partial charge in [0.15, 0.2) is 52.4 Å². The van der Waals surface area contributed by atoms with Gasteiger partial charge in [0.1, 0.15) is 23.0 Å². The van der Waals surface area contributed by atoms with E-state index < -0.39 is 29.2 Å². The lowest BCUT2D eigenvalue weighted by Crippen LogP contribution is -2.41. The Morgan fingerprint density at radius 1 is 0.209 bits per heavy atom. The van der Waals surface area contributed by atoms with Gasteiger partial charge in [-0.15, -0.1) is 0 Å². The fourth-order valence-electron chi connectivity index (χ4n) is 19.3. The number of fused-ring (bicyclic) bond motifs is 18. The first-order valence-corrected chi connectivity index (χ1v) is 45.1. The van der Waals surface area contributed by atoms with Crippen LogP contribution in [-0.4, -0.2) is 73.1 Å². The van der Waals surface area contributed by atoms with Crippen molar-refractivity contribution in [1.82, 2.24) is 54.8 Å². The molecule has 2 spiro atoms. The van der Waals surface area contributed by atoms with Gasteiger partial charge in [-0.25, -0.2) is 44.9 Å². The monoisotopic (exact) mass is 1750 g/mol. The second-order valence-corrected chi connectivity index (χ2v) is 34.9. The van der Waals surface area contributed by atoms with Crippen LogP contribution < -0.4 is 14.9 Å². The minimum absolute atomic E-state index is 0.202. The van der Waals surface area contributed by atoms with E-state index in [1.165, 1.54) is 0 Å². The molecule has 0 amide bonds. The van der Waals surface area contributed by atoms with Crippen LogP contribution in [0, 0.1) is 0 Å². The van der Waals surface area contributed by atoms with Crippen molar-refractivity contribution < 1.29 is 18.8 Å². The molecule has 1 fully saturated rings. The molecule has 3 aliphatic heterocycles. The molecule has 17 heteroatoms. The minimum Gasteiger partial charge on any atom is -0.457 e. The molecule has 0 saturated carbocycles. The molecular formula is C117H81BClN11O4. The van der Waals surface area contributed by atoms with Gasteiger partial charge in [-0.05, 0) is 126 Å². The van der Waals surface area contributed by atoms with Crippen LogP contribution in [0.25, 0.3) is 147 Å². The summed E-state index contributed by atoms with van der Waals surface area (Å²) in [6.07, 6.45) is 0. The predicted octanol–water partition coefficient (Wildman–Crippen LogP) is 26.6. The molecular weight excluding hydrogens is 1670 g/mol. The van der Waals surface area contributed by atoms with E-state index in [0.29, 0.717) is 52.4 Å². The lowest BCUT2D eigenvalue weighted by Gasteiger charge is -2.39. The summed E-state index contributed by atoms with van der Waals surface area (Å²) in [7, 11) is -0.527. The van der Waals surface area contributed by atoms with Crippen molar-refractivity contribution >= 4 is 24.2 Å². The van der Waals surface area contributed by atoms with E-state index in [9.17, 15) is 0 Å². The van der Waals surface area contributed by atoms with E-state index >= 15 is 0 Å². The van der Waals surface area contributed by atoms with E-state index in [4.69, 9.17) is 70.3 Å². The summed E-state index contributed by atoms with van der Waals surface area (Å²) in [5.74, 6) is 8.77. The number of aromatic nitrogens is 11. The molecule has 5 aliphatic rings. The Morgan fingerprint density at radius 2 is 0.478 bits per heavy atom. The van der Waals surface area contributed by atoms with Crippen LogP contribution in [0.4, 0.5) is 0 Å². The largest absolute Gasteiger partial charge is 0.494 e. The SMILES string of the molecule is CC1(C)OB(c2ccc3c(c2)C2(c4ccccc4Oc4ccccc42)c2cccc(-c4nc(-c5ccccc5)nc(-c5ccccc5)n4)c2-3)OC1(C)C.Clc1nc(-c2ccccc2)nc(-c2ccccc2)n1.c1ccc(-c2cc(-c3ccccc3)nc(-c3ccc4c(c3)C3(c5ccccc5Oc5ccccc53)c3cccc(-c5nc(-c6ccccc6)nc(-c6ccccc6)n5)c3-4)n2)cc1. The molecule has 638 valence electrons. The zero-order valence-corrected chi connectivity index (χ0v) is 74.1. The van der Waals surface area contributed by atoms with Crippen molar-refractivity contribution in [2.75, 3.05) is 0 Å². The number of ether oxygens (including phenoxy) is 2. The molecule has 134 heavy (non-hydrogen) atoms. The Labute approximate surface area is 780 Å². The Bertz CT molecular complexity index is 7570. The van der Waals surface area contributed by atoms with Gasteiger partial charge in [0.25, 0.3) is 0 Å². The minimum atomic E-state index is -0.765. The van der Waals surface area contributed by atoms with Gasteiger partial charge >= 0.3 is 7.12 Å². The summed E-state index contributed by atoms with van der Waals surface area (Å²) >= 11 is 5.99. The summed E-state index contributed by atoms with van der Waals surface area (Å²) in [4.78, 5) is 54.3. The molecule has 15 nitrogen and oxygen atoms in total. The maximum Gasteiger partial charge on any atom is 0.494 e. The van der Waals surface area contributed by atoms with Gasteiger partial charge in [-0.2, -0.15) is 9.97 Å². The van der Waals surface area contributed by atoms with Crippen LogP contribution in [0.5, 0.6) is 23.0 Å². The number of para-hydroxylation sites is 4. The predicted molar refractivity (Wildman–Crippen MR) is 530 cm³/mol. The maximum atomic E-state index is 6.73. The summed E-state index contributed by atoms with van der Waals surface area (Å²) in [5, 5.41) is 0.202. The average Bonchev–Trinajstić information content (AvgIpc) is 1.51. The normalized spacial score (nSPS) is 14.0. The molecule has 0 unspecified atom stereocenters. The molecule has 2 aliphatic carbocycles. The third kappa shape index (κ3) is 14.4. The highest BCUT2D eigenvalue weighted by Gasteiger charge is 2.56. The lowest BCUT2D eigenvalue weighted by molar-refractivity contribution is 0.00578. The van der Waals surface area contributed by atoms with E-state index in [1.54, 1.807) is 0 Å². The van der Waals surface area contributed by atoms with Gasteiger partial charge < -0.3 is 18.8 Å². The van der Waals surface area contributed by atoms with Crippen LogP contribution in [0.2, 0.25) is 5.28 Å². The van der Waals surface area contributed by atoms with Gasteiger partial charge in [0, 0.05) is 83.5 Å².